The van der Waals surface area contributed by atoms with Crippen molar-refractivity contribution in [2.24, 2.45) is 0 Å². The lowest BCUT2D eigenvalue weighted by Gasteiger charge is -2.09. The van der Waals surface area contributed by atoms with Crippen molar-refractivity contribution in [3.8, 4) is 6.07 Å². The largest absolute Gasteiger partial charge is 0.355 e. The van der Waals surface area contributed by atoms with Gasteiger partial charge in [-0.1, -0.05) is 19.1 Å². The van der Waals surface area contributed by atoms with E-state index in [1.165, 1.54) is 5.56 Å². The predicted octanol–water partition coefficient (Wildman–Crippen LogP) is 4.51. The summed E-state index contributed by atoms with van der Waals surface area (Å²) in [6, 6.07) is 20.4. The first-order chi connectivity index (χ1) is 12.7. The van der Waals surface area contributed by atoms with E-state index < -0.39 is 0 Å². The van der Waals surface area contributed by atoms with Crippen molar-refractivity contribution >= 4 is 23.0 Å². The Morgan fingerprint density at radius 3 is 2.35 bits per heavy atom. The van der Waals surface area contributed by atoms with Gasteiger partial charge in [0.25, 0.3) is 5.91 Å². The number of nitrogens with one attached hydrogen (secondary N) is 2. The third kappa shape index (κ3) is 4.25. The predicted molar refractivity (Wildman–Crippen MR) is 102 cm³/mol. The average Bonchev–Trinajstić information content (AvgIpc) is 2.69. The zero-order valence-electron chi connectivity index (χ0n) is 14.4. The third-order valence-corrected chi connectivity index (χ3v) is 3.92. The summed E-state index contributed by atoms with van der Waals surface area (Å²) in [6.07, 6.45) is 2.54. The van der Waals surface area contributed by atoms with Gasteiger partial charge < -0.3 is 10.6 Å². The molecule has 128 valence electrons. The number of pyridine rings is 1. The van der Waals surface area contributed by atoms with Gasteiger partial charge in [0, 0.05) is 23.3 Å². The number of hydrogen-bond acceptors (Lipinski definition) is 4. The Balaban J connectivity index is 1.71. The second-order valence-electron chi connectivity index (χ2n) is 5.75. The quantitative estimate of drug-likeness (QED) is 0.715. The van der Waals surface area contributed by atoms with Crippen LogP contribution in [-0.4, -0.2) is 10.9 Å². The molecule has 0 fully saturated rings. The molecule has 0 saturated carbocycles. The minimum atomic E-state index is -0.266. The Hall–Kier alpha value is -3.65. The number of carbonyl (C=O) groups excluding carboxylic acids is 1. The molecule has 26 heavy (non-hydrogen) atoms. The molecule has 0 atom stereocenters. The lowest BCUT2D eigenvalue weighted by Crippen LogP contribution is -2.13. The normalized spacial score (nSPS) is 10.0. The Kier molecular flexibility index (Phi) is 5.25. The first kappa shape index (κ1) is 17.2. The number of aryl methyl sites for hydroxylation is 1. The minimum absolute atomic E-state index is 0.266. The lowest BCUT2D eigenvalue weighted by atomic mass is 10.1. The van der Waals surface area contributed by atoms with Gasteiger partial charge in [0.15, 0.2) is 0 Å². The van der Waals surface area contributed by atoms with Gasteiger partial charge in [-0.25, -0.2) is 0 Å². The summed E-state index contributed by atoms with van der Waals surface area (Å²) in [5.74, 6) is -0.266. The Morgan fingerprint density at radius 2 is 1.69 bits per heavy atom. The molecule has 2 aromatic carbocycles. The van der Waals surface area contributed by atoms with Gasteiger partial charge in [0.2, 0.25) is 0 Å². The lowest BCUT2D eigenvalue weighted by molar-refractivity contribution is 0.102. The van der Waals surface area contributed by atoms with Crippen molar-refractivity contribution in [1.82, 2.24) is 4.98 Å². The van der Waals surface area contributed by atoms with E-state index in [1.807, 2.05) is 36.4 Å². The van der Waals surface area contributed by atoms with E-state index in [4.69, 9.17) is 5.26 Å². The molecule has 3 rings (SSSR count). The van der Waals surface area contributed by atoms with Gasteiger partial charge in [-0.3, -0.25) is 9.78 Å². The summed E-state index contributed by atoms with van der Waals surface area (Å²) in [5.41, 5.74) is 4.45. The molecule has 3 aromatic rings. The number of amides is 1. The molecule has 0 radical (unpaired) electrons. The van der Waals surface area contributed by atoms with Crippen LogP contribution in [0.1, 0.15) is 28.5 Å². The van der Waals surface area contributed by atoms with Gasteiger partial charge in [-0.05, 0) is 60.5 Å². The SMILES string of the molecule is CCc1ccc(NC(=O)c2cc(Nc3ccc(C#N)cc3)ccn2)cc1. The number of nitrogens with zero attached hydrogens (tertiary/aromatic N) is 2. The number of anilines is 3. The van der Waals surface area contributed by atoms with Crippen molar-refractivity contribution in [2.75, 3.05) is 10.6 Å². The maximum atomic E-state index is 12.4. The van der Waals surface area contributed by atoms with Gasteiger partial charge in [0.1, 0.15) is 5.69 Å². The number of carbonyl (C=O) groups is 1. The zero-order valence-corrected chi connectivity index (χ0v) is 14.4. The molecule has 0 aliphatic rings. The number of hydrogen-bond donors (Lipinski definition) is 2. The maximum Gasteiger partial charge on any atom is 0.274 e. The second-order valence-corrected chi connectivity index (χ2v) is 5.75. The van der Waals surface area contributed by atoms with Crippen molar-refractivity contribution in [2.45, 2.75) is 13.3 Å². The number of aromatic nitrogens is 1. The average molecular weight is 342 g/mol. The fourth-order valence-corrected chi connectivity index (χ4v) is 2.45. The molecule has 2 N–H and O–H groups in total. The molecule has 1 heterocycles. The van der Waals surface area contributed by atoms with Crippen LogP contribution < -0.4 is 10.6 Å². The standard InChI is InChI=1S/C21H18N4O/c1-2-15-3-7-18(8-4-15)25-21(26)20-13-19(11-12-23-20)24-17-9-5-16(14-22)6-10-17/h3-13H,2H2,1H3,(H,23,24)(H,25,26). The van der Waals surface area contributed by atoms with Crippen LogP contribution in [0.3, 0.4) is 0 Å². The second kappa shape index (κ2) is 7.95. The monoisotopic (exact) mass is 342 g/mol. The van der Waals surface area contributed by atoms with Crippen molar-refractivity contribution < 1.29 is 4.79 Å². The van der Waals surface area contributed by atoms with Crippen molar-refractivity contribution in [1.29, 1.82) is 5.26 Å². The van der Waals surface area contributed by atoms with E-state index in [2.05, 4.69) is 28.6 Å². The van der Waals surface area contributed by atoms with Crippen molar-refractivity contribution in [3.05, 3.63) is 83.7 Å². The van der Waals surface area contributed by atoms with Crippen LogP contribution in [0.4, 0.5) is 17.1 Å². The van der Waals surface area contributed by atoms with E-state index >= 15 is 0 Å². The molecule has 0 spiro atoms. The maximum absolute atomic E-state index is 12.4. The number of benzene rings is 2. The van der Waals surface area contributed by atoms with Crippen molar-refractivity contribution in [3.63, 3.8) is 0 Å². The summed E-state index contributed by atoms with van der Waals surface area (Å²) < 4.78 is 0. The third-order valence-electron chi connectivity index (χ3n) is 3.92. The van der Waals surface area contributed by atoms with Crippen LogP contribution in [0.25, 0.3) is 0 Å². The van der Waals surface area contributed by atoms with E-state index in [0.29, 0.717) is 11.3 Å². The molecule has 5 heteroatoms. The highest BCUT2D eigenvalue weighted by atomic mass is 16.1. The summed E-state index contributed by atoms with van der Waals surface area (Å²) in [6.45, 7) is 2.09. The summed E-state index contributed by atoms with van der Waals surface area (Å²) in [7, 11) is 0. The molecular weight excluding hydrogens is 324 g/mol. The summed E-state index contributed by atoms with van der Waals surface area (Å²) >= 11 is 0. The first-order valence-corrected chi connectivity index (χ1v) is 8.31. The van der Waals surface area contributed by atoms with Gasteiger partial charge >= 0.3 is 0 Å². The highest BCUT2D eigenvalue weighted by Crippen LogP contribution is 2.18. The van der Waals surface area contributed by atoms with Gasteiger partial charge in [-0.2, -0.15) is 5.26 Å². The molecule has 0 saturated heterocycles. The highest BCUT2D eigenvalue weighted by molar-refractivity contribution is 6.03. The highest BCUT2D eigenvalue weighted by Gasteiger charge is 2.09. The van der Waals surface area contributed by atoms with Gasteiger partial charge in [0.05, 0.1) is 11.6 Å². The van der Waals surface area contributed by atoms with E-state index in [-0.39, 0.29) is 5.91 Å². The first-order valence-electron chi connectivity index (χ1n) is 8.31. The Bertz CT molecular complexity index is 941. The minimum Gasteiger partial charge on any atom is -0.355 e. The van der Waals surface area contributed by atoms with Gasteiger partial charge in [-0.15, -0.1) is 0 Å². The van der Waals surface area contributed by atoms with E-state index in [9.17, 15) is 4.79 Å². The smallest absolute Gasteiger partial charge is 0.274 e. The zero-order chi connectivity index (χ0) is 18.4. The fraction of sp³-hybridized carbons (Fsp3) is 0.0952. The molecule has 0 aliphatic carbocycles. The fourth-order valence-electron chi connectivity index (χ4n) is 2.45. The van der Waals surface area contributed by atoms with E-state index in [1.54, 1.807) is 30.5 Å². The molecule has 5 nitrogen and oxygen atoms in total. The molecule has 1 amide bonds. The molecule has 1 aromatic heterocycles. The van der Waals surface area contributed by atoms with Crippen LogP contribution in [0.2, 0.25) is 0 Å². The van der Waals surface area contributed by atoms with Crippen LogP contribution >= 0.6 is 0 Å². The van der Waals surface area contributed by atoms with E-state index in [0.717, 1.165) is 23.5 Å². The molecule has 0 bridgehead atoms. The summed E-state index contributed by atoms with van der Waals surface area (Å²) in [4.78, 5) is 16.6. The Morgan fingerprint density at radius 1 is 1.00 bits per heavy atom. The van der Waals surface area contributed by atoms with Crippen LogP contribution in [-0.2, 0) is 6.42 Å². The molecular formula is C21H18N4O. The summed E-state index contributed by atoms with van der Waals surface area (Å²) in [5, 5.41) is 14.9. The topological polar surface area (TPSA) is 77.8 Å². The number of nitriles is 1. The molecule has 0 unspecified atom stereocenters. The molecule has 0 aliphatic heterocycles. The van der Waals surface area contributed by atoms with Crippen LogP contribution in [0.5, 0.6) is 0 Å². The van der Waals surface area contributed by atoms with Crippen LogP contribution in [0, 0.1) is 11.3 Å². The Labute approximate surface area is 152 Å². The van der Waals surface area contributed by atoms with Crippen LogP contribution in [0.15, 0.2) is 66.9 Å². The number of rotatable bonds is 5.